The van der Waals surface area contributed by atoms with Gasteiger partial charge in [-0.25, -0.2) is 0 Å². The zero-order chi connectivity index (χ0) is 9.14. The minimum absolute atomic E-state index is 0.00509. The molecule has 3 nitrogen and oxygen atoms in total. The van der Waals surface area contributed by atoms with Crippen LogP contribution in [0.25, 0.3) is 0 Å². The molecule has 0 spiro atoms. The molecule has 1 saturated heterocycles. The standard InChI is InChI=1S/C9H15NO2/c1-3-8-4-5-9(6-11)10(8)7(2)12/h3,8-9,11H,1,4-6H2,2H3/t8-,9+/m0/s1. The molecule has 1 amide bonds. The van der Waals surface area contributed by atoms with E-state index in [0.717, 1.165) is 12.8 Å². The molecule has 1 heterocycles. The van der Waals surface area contributed by atoms with Gasteiger partial charge in [-0.2, -0.15) is 0 Å². The van der Waals surface area contributed by atoms with Crippen LogP contribution in [0, 0.1) is 0 Å². The zero-order valence-corrected chi connectivity index (χ0v) is 7.36. The van der Waals surface area contributed by atoms with Gasteiger partial charge in [0.15, 0.2) is 0 Å². The summed E-state index contributed by atoms with van der Waals surface area (Å²) in [5, 5.41) is 8.97. The van der Waals surface area contributed by atoms with Crippen LogP contribution in [-0.4, -0.2) is 34.6 Å². The van der Waals surface area contributed by atoms with Crippen molar-refractivity contribution in [1.29, 1.82) is 0 Å². The number of carbonyl (C=O) groups excluding carboxylic acids is 1. The van der Waals surface area contributed by atoms with Crippen molar-refractivity contribution in [1.82, 2.24) is 4.90 Å². The largest absolute Gasteiger partial charge is 0.394 e. The second-order valence-electron chi connectivity index (χ2n) is 3.14. The summed E-state index contributed by atoms with van der Waals surface area (Å²) in [6, 6.07) is 0.130. The molecule has 3 heteroatoms. The Morgan fingerprint density at radius 3 is 2.83 bits per heavy atom. The van der Waals surface area contributed by atoms with E-state index in [1.165, 1.54) is 6.92 Å². The van der Waals surface area contributed by atoms with Gasteiger partial charge in [0, 0.05) is 6.92 Å². The maximum atomic E-state index is 11.2. The van der Waals surface area contributed by atoms with Crippen LogP contribution >= 0.6 is 0 Å². The Morgan fingerprint density at radius 2 is 2.42 bits per heavy atom. The van der Waals surface area contributed by atoms with Crippen molar-refractivity contribution in [3.8, 4) is 0 Å². The monoisotopic (exact) mass is 169 g/mol. The van der Waals surface area contributed by atoms with Crippen LogP contribution in [0.4, 0.5) is 0 Å². The van der Waals surface area contributed by atoms with E-state index >= 15 is 0 Å². The van der Waals surface area contributed by atoms with E-state index in [4.69, 9.17) is 5.11 Å². The van der Waals surface area contributed by atoms with Gasteiger partial charge >= 0.3 is 0 Å². The molecular weight excluding hydrogens is 154 g/mol. The van der Waals surface area contributed by atoms with Crippen LogP contribution in [-0.2, 0) is 4.79 Å². The van der Waals surface area contributed by atoms with E-state index in [-0.39, 0.29) is 24.6 Å². The molecule has 2 atom stereocenters. The summed E-state index contributed by atoms with van der Waals surface area (Å²) in [4.78, 5) is 12.9. The summed E-state index contributed by atoms with van der Waals surface area (Å²) in [7, 11) is 0. The summed E-state index contributed by atoms with van der Waals surface area (Å²) in [5.41, 5.74) is 0. The third-order valence-corrected chi connectivity index (χ3v) is 2.39. The van der Waals surface area contributed by atoms with Crippen molar-refractivity contribution in [2.24, 2.45) is 0 Å². The minimum Gasteiger partial charge on any atom is -0.394 e. The smallest absolute Gasteiger partial charge is 0.220 e. The Hall–Kier alpha value is -0.830. The quantitative estimate of drug-likeness (QED) is 0.613. The van der Waals surface area contributed by atoms with E-state index in [1.54, 1.807) is 11.0 Å². The lowest BCUT2D eigenvalue weighted by Gasteiger charge is -2.26. The van der Waals surface area contributed by atoms with Gasteiger partial charge in [0.2, 0.25) is 5.91 Å². The first kappa shape index (κ1) is 9.26. The fraction of sp³-hybridized carbons (Fsp3) is 0.667. The highest BCUT2D eigenvalue weighted by Crippen LogP contribution is 2.24. The number of amides is 1. The van der Waals surface area contributed by atoms with Crippen molar-refractivity contribution in [3.05, 3.63) is 12.7 Å². The van der Waals surface area contributed by atoms with Gasteiger partial charge in [-0.1, -0.05) is 6.08 Å². The first-order valence-electron chi connectivity index (χ1n) is 4.23. The molecule has 1 N–H and O–H groups in total. The van der Waals surface area contributed by atoms with Crippen molar-refractivity contribution in [2.45, 2.75) is 31.8 Å². The van der Waals surface area contributed by atoms with Gasteiger partial charge in [0.25, 0.3) is 0 Å². The molecule has 0 aliphatic carbocycles. The predicted molar refractivity (Wildman–Crippen MR) is 46.6 cm³/mol. The SMILES string of the molecule is C=C[C@H]1CC[C@H](CO)N1C(C)=O. The number of carbonyl (C=O) groups is 1. The van der Waals surface area contributed by atoms with E-state index in [9.17, 15) is 4.79 Å². The summed E-state index contributed by atoms with van der Waals surface area (Å²) in [6.07, 6.45) is 3.58. The highest BCUT2D eigenvalue weighted by Gasteiger charge is 2.32. The Bertz CT molecular complexity index is 191. The number of hydrogen-bond acceptors (Lipinski definition) is 2. The average Bonchev–Trinajstić information content (AvgIpc) is 2.46. The molecule has 1 fully saturated rings. The van der Waals surface area contributed by atoms with Crippen LogP contribution < -0.4 is 0 Å². The Kier molecular flexibility index (Phi) is 2.87. The molecule has 0 radical (unpaired) electrons. The van der Waals surface area contributed by atoms with E-state index in [1.807, 2.05) is 0 Å². The van der Waals surface area contributed by atoms with Crippen LogP contribution in [0.5, 0.6) is 0 Å². The summed E-state index contributed by atoms with van der Waals surface area (Å²) >= 11 is 0. The molecule has 0 aromatic carbocycles. The molecule has 0 bridgehead atoms. The fourth-order valence-corrected chi connectivity index (χ4v) is 1.81. The molecule has 1 aliphatic rings. The molecule has 1 aliphatic heterocycles. The van der Waals surface area contributed by atoms with Crippen molar-refractivity contribution < 1.29 is 9.90 Å². The number of aliphatic hydroxyl groups is 1. The second-order valence-corrected chi connectivity index (χ2v) is 3.14. The number of aliphatic hydroxyl groups excluding tert-OH is 1. The van der Waals surface area contributed by atoms with E-state index in [2.05, 4.69) is 6.58 Å². The molecule has 0 aromatic rings. The zero-order valence-electron chi connectivity index (χ0n) is 7.36. The predicted octanol–water partition coefficient (Wildman–Crippen LogP) is 0.544. The first-order valence-corrected chi connectivity index (χ1v) is 4.23. The molecule has 68 valence electrons. The summed E-state index contributed by atoms with van der Waals surface area (Å²) in [6.45, 7) is 5.26. The lowest BCUT2D eigenvalue weighted by molar-refractivity contribution is -0.131. The molecular formula is C9H15NO2. The fourth-order valence-electron chi connectivity index (χ4n) is 1.81. The highest BCUT2D eigenvalue weighted by atomic mass is 16.3. The van der Waals surface area contributed by atoms with Gasteiger partial charge in [-0.15, -0.1) is 6.58 Å². The van der Waals surface area contributed by atoms with Crippen molar-refractivity contribution >= 4 is 5.91 Å². The van der Waals surface area contributed by atoms with Gasteiger partial charge in [0.1, 0.15) is 0 Å². The first-order chi connectivity index (χ1) is 5.70. The molecule has 0 unspecified atom stereocenters. The van der Waals surface area contributed by atoms with Crippen molar-refractivity contribution in [2.75, 3.05) is 6.61 Å². The number of rotatable bonds is 2. The summed E-state index contributed by atoms with van der Waals surface area (Å²) in [5.74, 6) is 0.0245. The van der Waals surface area contributed by atoms with E-state index < -0.39 is 0 Å². The van der Waals surface area contributed by atoms with Gasteiger partial charge in [0.05, 0.1) is 18.7 Å². The highest BCUT2D eigenvalue weighted by molar-refractivity contribution is 5.74. The van der Waals surface area contributed by atoms with Crippen LogP contribution in [0.1, 0.15) is 19.8 Å². The number of hydrogen-bond donors (Lipinski definition) is 1. The molecule has 12 heavy (non-hydrogen) atoms. The molecule has 1 rings (SSSR count). The average molecular weight is 169 g/mol. The topological polar surface area (TPSA) is 40.5 Å². The number of nitrogens with zero attached hydrogens (tertiary/aromatic N) is 1. The Labute approximate surface area is 72.7 Å². The molecule has 0 saturated carbocycles. The van der Waals surface area contributed by atoms with Crippen LogP contribution in [0.3, 0.4) is 0 Å². The minimum atomic E-state index is 0.00509. The third-order valence-electron chi connectivity index (χ3n) is 2.39. The van der Waals surface area contributed by atoms with Crippen LogP contribution in [0.2, 0.25) is 0 Å². The Morgan fingerprint density at radius 1 is 1.75 bits per heavy atom. The van der Waals surface area contributed by atoms with E-state index in [0.29, 0.717) is 0 Å². The maximum absolute atomic E-state index is 11.2. The van der Waals surface area contributed by atoms with Gasteiger partial charge < -0.3 is 10.0 Å². The van der Waals surface area contributed by atoms with Crippen LogP contribution in [0.15, 0.2) is 12.7 Å². The maximum Gasteiger partial charge on any atom is 0.220 e. The van der Waals surface area contributed by atoms with Gasteiger partial charge in [-0.3, -0.25) is 4.79 Å². The lowest BCUT2D eigenvalue weighted by Crippen LogP contribution is -2.40. The third kappa shape index (κ3) is 1.50. The van der Waals surface area contributed by atoms with Crippen molar-refractivity contribution in [3.63, 3.8) is 0 Å². The lowest BCUT2D eigenvalue weighted by atomic mass is 10.2. The molecule has 0 aromatic heterocycles. The van der Waals surface area contributed by atoms with Gasteiger partial charge in [-0.05, 0) is 12.8 Å². The second kappa shape index (κ2) is 3.72. The Balaban J connectivity index is 2.71. The number of likely N-dealkylation sites (tertiary alicyclic amines) is 1. The summed E-state index contributed by atoms with van der Waals surface area (Å²) < 4.78 is 0. The normalized spacial score (nSPS) is 29.0.